The highest BCUT2D eigenvalue weighted by atomic mass is 35.5. The van der Waals surface area contributed by atoms with Gasteiger partial charge in [0, 0.05) is 23.7 Å². The van der Waals surface area contributed by atoms with Crippen LogP contribution in [-0.2, 0) is 11.2 Å². The van der Waals surface area contributed by atoms with Crippen molar-refractivity contribution in [3.05, 3.63) is 64.6 Å². The zero-order valence-electron chi connectivity index (χ0n) is 18.2. The Labute approximate surface area is 186 Å². The maximum Gasteiger partial charge on any atom is 0.248 e. The molecule has 2 aliphatic rings. The van der Waals surface area contributed by atoms with Crippen LogP contribution in [0.3, 0.4) is 0 Å². The monoisotopic (exact) mass is 427 g/mol. The van der Waals surface area contributed by atoms with Gasteiger partial charge in [0.25, 0.3) is 0 Å². The Kier molecular flexibility index (Phi) is 8.03. The summed E-state index contributed by atoms with van der Waals surface area (Å²) < 4.78 is 5.64. The lowest BCUT2D eigenvalue weighted by Crippen LogP contribution is -3.00. The number of hydrogen-bond acceptors (Lipinski definition) is 1. The fourth-order valence-electron chi connectivity index (χ4n) is 4.66. The van der Waals surface area contributed by atoms with Crippen molar-refractivity contribution < 1.29 is 22.1 Å². The van der Waals surface area contributed by atoms with E-state index in [-0.39, 0.29) is 12.4 Å². The van der Waals surface area contributed by atoms with Gasteiger partial charge in [0.2, 0.25) is 11.4 Å². The van der Waals surface area contributed by atoms with Crippen molar-refractivity contribution in [1.29, 1.82) is 0 Å². The van der Waals surface area contributed by atoms with Crippen LogP contribution in [-0.4, -0.2) is 22.8 Å². The molecule has 0 radical (unpaired) electrons. The molecule has 2 aromatic rings. The summed E-state index contributed by atoms with van der Waals surface area (Å²) in [5.74, 6) is 1.57. The molecule has 30 heavy (non-hydrogen) atoms. The maximum atomic E-state index is 5.64. The van der Waals surface area contributed by atoms with Gasteiger partial charge in [-0.15, -0.1) is 0 Å². The van der Waals surface area contributed by atoms with Crippen LogP contribution in [0.2, 0.25) is 0 Å². The molecule has 0 saturated carbocycles. The first-order valence-electron chi connectivity index (χ1n) is 11.3. The predicted molar refractivity (Wildman–Crippen MR) is 119 cm³/mol. The highest BCUT2D eigenvalue weighted by Crippen LogP contribution is 2.34. The van der Waals surface area contributed by atoms with Gasteiger partial charge in [-0.25, -0.2) is 4.99 Å². The molecular formula is C25H34ClN3O. The minimum Gasteiger partial charge on any atom is -1.00 e. The van der Waals surface area contributed by atoms with E-state index in [0.29, 0.717) is 5.92 Å². The van der Waals surface area contributed by atoms with Crippen LogP contribution in [0.1, 0.15) is 86.9 Å². The number of aromatic nitrogens is 2. The highest BCUT2D eigenvalue weighted by molar-refractivity contribution is 6.05. The van der Waals surface area contributed by atoms with Crippen molar-refractivity contribution in [3.8, 4) is 0 Å². The number of rotatable bonds is 6. The SMILES string of the molecule is CCCC[C@H]1CCCCCCc2[nH]c(/C=C3\[NH+]=C(c4ccc[nH]4)C=C3OC)cc21.[Cl-]. The zero-order chi connectivity index (χ0) is 20.1. The van der Waals surface area contributed by atoms with Crippen LogP contribution in [0.4, 0.5) is 0 Å². The second-order valence-electron chi connectivity index (χ2n) is 8.34. The van der Waals surface area contributed by atoms with Gasteiger partial charge in [-0.1, -0.05) is 39.0 Å². The van der Waals surface area contributed by atoms with Gasteiger partial charge in [-0.05, 0) is 55.4 Å². The Balaban J connectivity index is 0.00000256. The summed E-state index contributed by atoms with van der Waals surface area (Å²) in [4.78, 5) is 10.5. The first kappa shape index (κ1) is 22.5. The van der Waals surface area contributed by atoms with Crippen molar-refractivity contribution >= 4 is 11.8 Å². The van der Waals surface area contributed by atoms with E-state index in [9.17, 15) is 0 Å². The minimum absolute atomic E-state index is 0. The van der Waals surface area contributed by atoms with Gasteiger partial charge in [-0.2, -0.15) is 0 Å². The number of nitrogens with one attached hydrogen (secondary N) is 3. The van der Waals surface area contributed by atoms with E-state index < -0.39 is 0 Å². The van der Waals surface area contributed by atoms with E-state index in [0.717, 1.165) is 22.9 Å². The molecule has 0 aromatic carbocycles. The summed E-state index contributed by atoms with van der Waals surface area (Å²) in [5.41, 5.74) is 7.30. The van der Waals surface area contributed by atoms with Crippen LogP contribution in [0.5, 0.6) is 0 Å². The molecule has 1 aliphatic carbocycles. The van der Waals surface area contributed by atoms with Crippen LogP contribution in [0, 0.1) is 0 Å². The average Bonchev–Trinajstić information content (AvgIpc) is 3.46. The Morgan fingerprint density at radius 1 is 1.23 bits per heavy atom. The number of hydrogen-bond donors (Lipinski definition) is 3. The highest BCUT2D eigenvalue weighted by Gasteiger charge is 2.25. The lowest BCUT2D eigenvalue weighted by atomic mass is 9.89. The summed E-state index contributed by atoms with van der Waals surface area (Å²) in [6.07, 6.45) is 18.0. The summed E-state index contributed by atoms with van der Waals surface area (Å²) in [5, 5.41) is 0. The molecular weight excluding hydrogens is 394 g/mol. The number of methoxy groups -OCH3 is 1. The number of H-pyrrole nitrogens is 2. The number of allylic oxidation sites excluding steroid dienone is 1. The summed E-state index contributed by atoms with van der Waals surface area (Å²) in [6.45, 7) is 2.30. The molecule has 0 amide bonds. The van der Waals surface area contributed by atoms with Gasteiger partial charge in [0.15, 0.2) is 5.76 Å². The Hall–Kier alpha value is -2.20. The molecule has 1 atom stereocenters. The second kappa shape index (κ2) is 10.7. The Morgan fingerprint density at radius 3 is 2.87 bits per heavy atom. The van der Waals surface area contributed by atoms with Crippen LogP contribution >= 0.6 is 0 Å². The fraction of sp³-hybridized carbons (Fsp3) is 0.480. The van der Waals surface area contributed by atoms with E-state index in [1.165, 1.54) is 69.2 Å². The lowest BCUT2D eigenvalue weighted by Gasteiger charge is -2.16. The molecule has 3 N–H and O–H groups in total. The first-order valence-corrected chi connectivity index (χ1v) is 11.3. The molecule has 162 valence electrons. The van der Waals surface area contributed by atoms with Gasteiger partial charge >= 0.3 is 0 Å². The third kappa shape index (κ3) is 5.10. The molecule has 0 saturated heterocycles. The predicted octanol–water partition coefficient (Wildman–Crippen LogP) is 1.58. The van der Waals surface area contributed by atoms with Crippen molar-refractivity contribution in [2.24, 2.45) is 0 Å². The topological polar surface area (TPSA) is 54.8 Å². The molecule has 2 aromatic heterocycles. The van der Waals surface area contributed by atoms with E-state index >= 15 is 0 Å². The van der Waals surface area contributed by atoms with Crippen LogP contribution in [0.15, 0.2) is 41.9 Å². The number of ether oxygens (including phenoxy) is 1. The largest absolute Gasteiger partial charge is 1.00 e. The number of aryl methyl sites for hydroxylation is 1. The third-order valence-corrected chi connectivity index (χ3v) is 6.25. The van der Waals surface area contributed by atoms with Crippen molar-refractivity contribution in [3.63, 3.8) is 0 Å². The Bertz CT molecular complexity index is 905. The molecule has 4 nitrogen and oxygen atoms in total. The van der Waals surface area contributed by atoms with E-state index in [1.807, 2.05) is 12.3 Å². The van der Waals surface area contributed by atoms with E-state index in [2.05, 4.69) is 46.2 Å². The summed E-state index contributed by atoms with van der Waals surface area (Å²) in [7, 11) is 1.73. The zero-order valence-corrected chi connectivity index (χ0v) is 18.9. The molecule has 3 heterocycles. The summed E-state index contributed by atoms with van der Waals surface area (Å²) >= 11 is 0. The molecule has 5 heteroatoms. The quantitative estimate of drug-likeness (QED) is 0.644. The normalized spacial score (nSPS) is 20.5. The second-order valence-corrected chi connectivity index (χ2v) is 8.34. The molecule has 1 aliphatic heterocycles. The molecule has 0 spiro atoms. The third-order valence-electron chi connectivity index (χ3n) is 6.25. The van der Waals surface area contributed by atoms with E-state index in [1.54, 1.807) is 12.7 Å². The van der Waals surface area contributed by atoms with Crippen molar-refractivity contribution in [1.82, 2.24) is 9.97 Å². The number of unbranched alkanes of at least 4 members (excludes halogenated alkanes) is 1. The summed E-state index contributed by atoms with van der Waals surface area (Å²) in [6, 6.07) is 6.47. The van der Waals surface area contributed by atoms with Gasteiger partial charge in [-0.3, -0.25) is 0 Å². The minimum atomic E-state index is 0. The van der Waals surface area contributed by atoms with Gasteiger partial charge < -0.3 is 27.1 Å². The van der Waals surface area contributed by atoms with E-state index in [4.69, 9.17) is 4.74 Å². The number of aromatic amines is 2. The van der Waals surface area contributed by atoms with Gasteiger partial charge in [0.1, 0.15) is 5.69 Å². The van der Waals surface area contributed by atoms with Crippen molar-refractivity contribution in [2.45, 2.75) is 70.6 Å². The molecule has 0 fully saturated rings. The Morgan fingerprint density at radius 2 is 2.10 bits per heavy atom. The maximum absolute atomic E-state index is 5.64. The smallest absolute Gasteiger partial charge is 0.248 e. The van der Waals surface area contributed by atoms with Crippen LogP contribution in [0.25, 0.3) is 6.08 Å². The standard InChI is InChI=1S/C25H33N3O.ClH/c1-3-4-10-18-11-7-5-6-8-12-21-20(18)15-19(27-21)16-24-25(29-2)17-23(28-24)22-13-9-14-26-22;/h9,13-18,26-27H,3-8,10-12H2,1-2H3;1H/b24-16-;/t18-;/m0./s1. The molecule has 4 rings (SSSR count). The molecule has 0 unspecified atom stereocenters. The lowest BCUT2D eigenvalue weighted by molar-refractivity contribution is -0.388. The van der Waals surface area contributed by atoms with Crippen LogP contribution < -0.4 is 17.4 Å². The number of fused-ring (bicyclic) bond motifs is 1. The molecule has 0 bridgehead atoms. The van der Waals surface area contributed by atoms with Gasteiger partial charge in [0.05, 0.1) is 13.2 Å². The number of halogens is 1. The van der Waals surface area contributed by atoms with Crippen molar-refractivity contribution in [2.75, 3.05) is 7.11 Å². The first-order chi connectivity index (χ1) is 14.3. The average molecular weight is 428 g/mol. The fourth-order valence-corrected chi connectivity index (χ4v) is 4.66.